The third-order valence-corrected chi connectivity index (χ3v) is 2.77. The first-order valence-corrected chi connectivity index (χ1v) is 6.01. The summed E-state index contributed by atoms with van der Waals surface area (Å²) in [5, 5.41) is 2.53. The lowest BCUT2D eigenvalue weighted by Gasteiger charge is -2.12. The molecule has 0 saturated carbocycles. The van der Waals surface area contributed by atoms with Gasteiger partial charge in [-0.05, 0) is 13.0 Å². The maximum absolute atomic E-state index is 11.4. The van der Waals surface area contributed by atoms with E-state index in [9.17, 15) is 9.59 Å². The number of hydrogen-bond acceptors (Lipinski definition) is 2. The lowest BCUT2D eigenvalue weighted by atomic mass is 10.1. The predicted molar refractivity (Wildman–Crippen MR) is 68.6 cm³/mol. The smallest absolute Gasteiger partial charge is 0.293 e. The van der Waals surface area contributed by atoms with Gasteiger partial charge in [0.25, 0.3) is 5.91 Å². The lowest BCUT2D eigenvalue weighted by Crippen LogP contribution is -2.87. The molecule has 0 heterocycles. The van der Waals surface area contributed by atoms with Gasteiger partial charge in [-0.25, -0.2) is 0 Å². The molecule has 0 spiro atoms. The molecule has 0 saturated heterocycles. The fraction of sp³-hybridized carbons (Fsp3) is 0.333. The Morgan fingerprint density at radius 1 is 1.33 bits per heavy atom. The van der Waals surface area contributed by atoms with Crippen molar-refractivity contribution >= 4 is 23.4 Å². The summed E-state index contributed by atoms with van der Waals surface area (Å²) in [5.74, 6) is -0.563. The highest BCUT2D eigenvalue weighted by Crippen LogP contribution is 2.19. The van der Waals surface area contributed by atoms with E-state index < -0.39 is 0 Å². The van der Waals surface area contributed by atoms with E-state index in [1.807, 2.05) is 36.5 Å². The quantitative estimate of drug-likeness (QED) is 0.681. The largest absolute Gasteiger partial charge is 0.332 e. The Bertz CT molecular complexity index is 437. The van der Waals surface area contributed by atoms with Gasteiger partial charge in [0.05, 0.1) is 0 Å². The van der Waals surface area contributed by atoms with Crippen LogP contribution in [0.15, 0.2) is 24.3 Å². The van der Waals surface area contributed by atoms with Gasteiger partial charge in [-0.1, -0.05) is 29.8 Å². The summed E-state index contributed by atoms with van der Waals surface area (Å²) in [6.45, 7) is 3.51. The average molecular weight is 271 g/mol. The van der Waals surface area contributed by atoms with Crippen LogP contribution in [0, 0.1) is 0 Å². The Balaban J connectivity index is 2.42. The number of amides is 2. The summed E-state index contributed by atoms with van der Waals surface area (Å²) in [6.07, 6.45) is 0. The van der Waals surface area contributed by atoms with Crippen LogP contribution in [0.5, 0.6) is 0 Å². The molecule has 0 aliphatic heterocycles. The van der Waals surface area contributed by atoms with Crippen molar-refractivity contribution in [1.29, 1.82) is 0 Å². The molecule has 1 aromatic carbocycles. The first-order chi connectivity index (χ1) is 8.50. The number of hydrogen-bond donors (Lipinski definition) is 3. The second-order valence-corrected chi connectivity index (χ2v) is 4.39. The number of rotatable bonds is 4. The summed E-state index contributed by atoms with van der Waals surface area (Å²) < 4.78 is 0. The van der Waals surface area contributed by atoms with Crippen molar-refractivity contribution in [1.82, 2.24) is 10.9 Å². The highest BCUT2D eigenvalue weighted by atomic mass is 35.5. The summed E-state index contributed by atoms with van der Waals surface area (Å²) in [6, 6.07) is 7.58. The van der Waals surface area contributed by atoms with Gasteiger partial charge in [0.1, 0.15) is 6.04 Å². The van der Waals surface area contributed by atoms with E-state index in [0.717, 1.165) is 5.56 Å². The van der Waals surface area contributed by atoms with Gasteiger partial charge in [0.15, 0.2) is 6.54 Å². The van der Waals surface area contributed by atoms with Crippen LogP contribution >= 0.6 is 11.6 Å². The minimum Gasteiger partial charge on any atom is -0.332 e. The number of nitrogens with two attached hydrogens (primary N) is 1. The van der Waals surface area contributed by atoms with E-state index in [4.69, 9.17) is 11.6 Å². The predicted octanol–water partition coefficient (Wildman–Crippen LogP) is 0.132. The van der Waals surface area contributed by atoms with Crippen LogP contribution in [0.2, 0.25) is 5.02 Å². The fourth-order valence-electron chi connectivity index (χ4n) is 1.46. The molecular weight excluding hydrogens is 254 g/mol. The number of nitrogens with one attached hydrogen (secondary N) is 2. The highest BCUT2D eigenvalue weighted by molar-refractivity contribution is 6.31. The monoisotopic (exact) mass is 270 g/mol. The molecule has 1 aromatic rings. The zero-order valence-electron chi connectivity index (χ0n) is 10.4. The lowest BCUT2D eigenvalue weighted by molar-refractivity contribution is -0.682. The summed E-state index contributed by atoms with van der Waals surface area (Å²) in [4.78, 5) is 22.0. The van der Waals surface area contributed by atoms with Crippen molar-refractivity contribution in [3.63, 3.8) is 0 Å². The zero-order valence-corrected chi connectivity index (χ0v) is 11.1. The van der Waals surface area contributed by atoms with Crippen LogP contribution in [-0.4, -0.2) is 18.4 Å². The molecule has 0 bridgehead atoms. The standard InChI is InChI=1S/C12H16ClN3O2/c1-8(10-5-3-4-6-11(10)13)14-7-12(18)16-15-9(2)17/h3-6,8,14H,7H2,1-2H3,(H,15,17)(H,16,18)/p+1/t8-/m1/s1. The van der Waals surface area contributed by atoms with Gasteiger partial charge in [0.2, 0.25) is 5.91 Å². The molecule has 0 radical (unpaired) electrons. The Morgan fingerprint density at radius 3 is 2.61 bits per heavy atom. The Morgan fingerprint density at radius 2 is 2.00 bits per heavy atom. The van der Waals surface area contributed by atoms with Gasteiger partial charge in [0, 0.05) is 17.5 Å². The SMILES string of the molecule is CC(=O)NNC(=O)C[NH2+][C@H](C)c1ccccc1Cl. The normalized spacial score (nSPS) is 11.7. The van der Waals surface area contributed by atoms with Crippen molar-refractivity contribution in [2.45, 2.75) is 19.9 Å². The van der Waals surface area contributed by atoms with E-state index >= 15 is 0 Å². The van der Waals surface area contributed by atoms with Gasteiger partial charge in [-0.3, -0.25) is 20.4 Å². The van der Waals surface area contributed by atoms with Gasteiger partial charge in [-0.2, -0.15) is 0 Å². The Hall–Kier alpha value is -1.59. The van der Waals surface area contributed by atoms with Gasteiger partial charge >= 0.3 is 0 Å². The Kier molecular flexibility index (Phi) is 5.61. The minimum atomic E-state index is -0.303. The van der Waals surface area contributed by atoms with Crippen molar-refractivity contribution in [2.24, 2.45) is 0 Å². The van der Waals surface area contributed by atoms with E-state index in [0.29, 0.717) is 5.02 Å². The molecule has 2 amide bonds. The number of hydrazine groups is 1. The molecule has 4 N–H and O–H groups in total. The molecule has 98 valence electrons. The van der Waals surface area contributed by atoms with Crippen molar-refractivity contribution in [2.75, 3.05) is 6.54 Å². The molecular formula is C12H17ClN3O2+. The first-order valence-electron chi connectivity index (χ1n) is 5.64. The maximum atomic E-state index is 11.4. The van der Waals surface area contributed by atoms with Crippen LogP contribution in [0.1, 0.15) is 25.5 Å². The molecule has 0 aliphatic carbocycles. The second-order valence-electron chi connectivity index (χ2n) is 3.98. The second kappa shape index (κ2) is 6.98. The third kappa shape index (κ3) is 4.73. The van der Waals surface area contributed by atoms with E-state index in [1.54, 1.807) is 0 Å². The number of halogens is 1. The van der Waals surface area contributed by atoms with Gasteiger partial charge < -0.3 is 5.32 Å². The molecule has 0 aromatic heterocycles. The van der Waals surface area contributed by atoms with Crippen molar-refractivity contribution in [3.05, 3.63) is 34.9 Å². The molecule has 0 unspecified atom stereocenters. The molecule has 0 aliphatic rings. The van der Waals surface area contributed by atoms with Crippen LogP contribution in [0.3, 0.4) is 0 Å². The Labute approximate surface area is 111 Å². The molecule has 18 heavy (non-hydrogen) atoms. The van der Waals surface area contributed by atoms with E-state index in [-0.39, 0.29) is 24.4 Å². The maximum Gasteiger partial charge on any atom is 0.293 e. The number of benzene rings is 1. The molecule has 0 fully saturated rings. The number of carbonyl (C=O) groups is 2. The molecule has 1 rings (SSSR count). The number of quaternary nitrogens is 1. The zero-order chi connectivity index (χ0) is 13.5. The highest BCUT2D eigenvalue weighted by Gasteiger charge is 2.13. The topological polar surface area (TPSA) is 74.8 Å². The summed E-state index contributed by atoms with van der Waals surface area (Å²) in [5.41, 5.74) is 5.51. The fourth-order valence-corrected chi connectivity index (χ4v) is 1.77. The van der Waals surface area contributed by atoms with Crippen molar-refractivity contribution in [3.8, 4) is 0 Å². The number of carbonyl (C=O) groups excluding carboxylic acids is 2. The van der Waals surface area contributed by atoms with Crippen LogP contribution < -0.4 is 16.2 Å². The summed E-state index contributed by atoms with van der Waals surface area (Å²) in [7, 11) is 0. The summed E-state index contributed by atoms with van der Waals surface area (Å²) >= 11 is 6.06. The van der Waals surface area contributed by atoms with Crippen LogP contribution in [0.25, 0.3) is 0 Å². The molecule has 5 nitrogen and oxygen atoms in total. The van der Waals surface area contributed by atoms with Gasteiger partial charge in [-0.15, -0.1) is 0 Å². The first kappa shape index (κ1) is 14.5. The minimum absolute atomic E-state index is 0.0711. The van der Waals surface area contributed by atoms with Crippen LogP contribution in [-0.2, 0) is 9.59 Å². The third-order valence-electron chi connectivity index (χ3n) is 2.43. The average Bonchev–Trinajstić information content (AvgIpc) is 2.34. The molecule has 6 heteroatoms. The molecule has 1 atom stereocenters. The van der Waals surface area contributed by atoms with Crippen LogP contribution in [0.4, 0.5) is 0 Å². The van der Waals surface area contributed by atoms with E-state index in [2.05, 4.69) is 10.9 Å². The van der Waals surface area contributed by atoms with E-state index in [1.165, 1.54) is 6.92 Å². The van der Waals surface area contributed by atoms with Crippen molar-refractivity contribution < 1.29 is 14.9 Å².